The summed E-state index contributed by atoms with van der Waals surface area (Å²) in [6, 6.07) is 9.16. The van der Waals surface area contributed by atoms with E-state index in [2.05, 4.69) is 58.9 Å². The molecule has 0 aliphatic carbocycles. The van der Waals surface area contributed by atoms with Gasteiger partial charge in [-0.2, -0.15) is 0 Å². The second-order valence-electron chi connectivity index (χ2n) is 8.65. The van der Waals surface area contributed by atoms with Crippen LogP contribution in [0, 0.1) is 0 Å². The molecule has 26 heavy (non-hydrogen) atoms. The molecule has 1 aliphatic heterocycles. The van der Waals surface area contributed by atoms with Gasteiger partial charge < -0.3 is 0 Å². The van der Waals surface area contributed by atoms with E-state index in [0.717, 1.165) is 5.90 Å². The maximum atomic E-state index is 6.09. The third-order valence-corrected chi connectivity index (χ3v) is 21.4. The molecule has 0 radical (unpaired) electrons. The zero-order valence-corrected chi connectivity index (χ0v) is 20.6. The van der Waals surface area contributed by atoms with E-state index >= 15 is 0 Å². The van der Waals surface area contributed by atoms with E-state index in [0.29, 0.717) is 6.61 Å². The molecule has 1 aromatic rings. The number of hydrogen-bond donors (Lipinski definition) is 0. The summed E-state index contributed by atoms with van der Waals surface area (Å²) in [5, 5.41) is 0. The van der Waals surface area contributed by atoms with Crippen molar-refractivity contribution in [3.05, 3.63) is 29.8 Å². The van der Waals surface area contributed by atoms with Crippen LogP contribution in [0.2, 0.25) is 13.3 Å². The molecule has 0 saturated carbocycles. The Labute approximate surface area is 165 Å². The van der Waals surface area contributed by atoms with Gasteiger partial charge in [0.15, 0.2) is 0 Å². The summed E-state index contributed by atoms with van der Waals surface area (Å²) in [5.74, 6) is 0.913. The predicted octanol–water partition coefficient (Wildman–Crippen LogP) is 6.30. The average molecular weight is 464 g/mol. The summed E-state index contributed by atoms with van der Waals surface area (Å²) < 4.78 is 12.2. The molecule has 0 atom stereocenters. The number of aliphatic imine (C=N–C) groups is 1. The van der Waals surface area contributed by atoms with E-state index in [1.165, 1.54) is 57.4 Å². The van der Waals surface area contributed by atoms with Crippen molar-refractivity contribution in [2.45, 2.75) is 92.0 Å². The molecule has 1 aliphatic rings. The summed E-state index contributed by atoms with van der Waals surface area (Å²) in [7, 11) is 0. The van der Waals surface area contributed by atoms with Crippen molar-refractivity contribution in [3.8, 4) is 0 Å². The molecule has 0 fully saturated rings. The third-order valence-electron chi connectivity index (χ3n) is 5.72. The Morgan fingerprint density at radius 3 is 1.92 bits per heavy atom. The van der Waals surface area contributed by atoms with Gasteiger partial charge in [0.05, 0.1) is 0 Å². The molecule has 2 rings (SSSR count). The van der Waals surface area contributed by atoms with Gasteiger partial charge in [0, 0.05) is 0 Å². The molecule has 0 N–H and O–H groups in total. The Hall–Kier alpha value is -0.511. The predicted molar refractivity (Wildman–Crippen MR) is 118 cm³/mol. The molecule has 0 unspecified atom stereocenters. The van der Waals surface area contributed by atoms with Gasteiger partial charge in [0.1, 0.15) is 0 Å². The van der Waals surface area contributed by atoms with E-state index in [1.54, 1.807) is 3.58 Å². The molecular weight excluding hydrogens is 425 g/mol. The van der Waals surface area contributed by atoms with Crippen molar-refractivity contribution < 1.29 is 4.74 Å². The SMILES string of the molecule is CCC[CH2][Sn]([CH2]CCC)([CH2]CCC)[c]1ccccc1C1=NC(C)(C)CO1. The van der Waals surface area contributed by atoms with Gasteiger partial charge in [-0.15, -0.1) is 0 Å². The van der Waals surface area contributed by atoms with Crippen molar-refractivity contribution in [1.82, 2.24) is 0 Å². The number of ether oxygens (including phenoxy) is 1. The summed E-state index contributed by atoms with van der Waals surface area (Å²) in [6.45, 7) is 12.1. The normalized spacial score (nSPS) is 16.4. The minimum absolute atomic E-state index is 0.0864. The van der Waals surface area contributed by atoms with Crippen LogP contribution in [-0.2, 0) is 4.74 Å². The number of hydrogen-bond acceptors (Lipinski definition) is 2. The van der Waals surface area contributed by atoms with E-state index in [1.807, 2.05) is 0 Å². The number of benzene rings is 1. The molecule has 0 spiro atoms. The molecule has 2 nitrogen and oxygen atoms in total. The second kappa shape index (κ2) is 10.1. The van der Waals surface area contributed by atoms with Gasteiger partial charge in [-0.05, 0) is 0 Å². The summed E-state index contributed by atoms with van der Waals surface area (Å²) in [4.78, 5) is 4.93. The van der Waals surface area contributed by atoms with Crippen LogP contribution in [0.3, 0.4) is 0 Å². The maximum absolute atomic E-state index is 6.09. The quantitative estimate of drug-likeness (QED) is 0.353. The van der Waals surface area contributed by atoms with Crippen molar-refractivity contribution >= 4 is 27.9 Å². The Kier molecular flexibility index (Phi) is 8.50. The summed E-state index contributed by atoms with van der Waals surface area (Å²) in [6.07, 6.45) is 8.08. The molecule has 146 valence electrons. The fraction of sp³-hybridized carbons (Fsp3) is 0.696. The zero-order chi connectivity index (χ0) is 19.0. The van der Waals surface area contributed by atoms with Crippen molar-refractivity contribution in [1.29, 1.82) is 0 Å². The fourth-order valence-electron chi connectivity index (χ4n) is 4.18. The first-order valence-corrected chi connectivity index (χ1v) is 18.3. The van der Waals surface area contributed by atoms with E-state index in [-0.39, 0.29) is 5.54 Å². The fourth-order valence-corrected chi connectivity index (χ4v) is 20.9. The Bertz CT molecular complexity index is 572. The number of nitrogens with zero attached hydrogens (tertiary/aromatic N) is 1. The molecule has 1 heterocycles. The van der Waals surface area contributed by atoms with Crippen LogP contribution < -0.4 is 3.58 Å². The van der Waals surface area contributed by atoms with Gasteiger partial charge in [-0.3, -0.25) is 0 Å². The second-order valence-corrected chi connectivity index (χ2v) is 21.8. The first kappa shape index (κ1) is 21.8. The Balaban J connectivity index is 2.49. The molecule has 0 bridgehead atoms. The monoisotopic (exact) mass is 465 g/mol. The average Bonchev–Trinajstić information content (AvgIpc) is 3.01. The van der Waals surface area contributed by atoms with Crippen LogP contribution in [0.4, 0.5) is 0 Å². The van der Waals surface area contributed by atoms with Crippen molar-refractivity contribution in [3.63, 3.8) is 0 Å². The molecule has 0 aromatic heterocycles. The third kappa shape index (κ3) is 5.50. The summed E-state index contributed by atoms with van der Waals surface area (Å²) in [5.41, 5.74) is 1.24. The van der Waals surface area contributed by atoms with Crippen LogP contribution in [0.5, 0.6) is 0 Å². The first-order chi connectivity index (χ1) is 12.5. The van der Waals surface area contributed by atoms with Crippen LogP contribution in [0.25, 0.3) is 0 Å². The topological polar surface area (TPSA) is 21.6 Å². The standard InChI is InChI=1S/C11H12NO.3C4H9.Sn/c1-11(2)8-13-10(12-11)9-6-4-3-5-7-9;3*1-3-4-2;/h3-6H,8H2,1-2H3;3*1,3-4H2,2H3;. The number of unbranched alkanes of at least 4 members (excludes halogenated alkanes) is 3. The van der Waals surface area contributed by atoms with Crippen LogP contribution in [0.1, 0.15) is 78.7 Å². The van der Waals surface area contributed by atoms with Crippen LogP contribution in [0.15, 0.2) is 29.3 Å². The van der Waals surface area contributed by atoms with E-state index in [9.17, 15) is 0 Å². The van der Waals surface area contributed by atoms with Crippen molar-refractivity contribution in [2.24, 2.45) is 4.99 Å². The van der Waals surface area contributed by atoms with Gasteiger partial charge in [0.2, 0.25) is 0 Å². The molecular formula is C23H39NOSn. The van der Waals surface area contributed by atoms with E-state index < -0.39 is 18.4 Å². The van der Waals surface area contributed by atoms with Gasteiger partial charge in [-0.1, -0.05) is 0 Å². The minimum atomic E-state index is -2.48. The Morgan fingerprint density at radius 1 is 0.923 bits per heavy atom. The molecule has 3 heteroatoms. The van der Waals surface area contributed by atoms with Gasteiger partial charge in [0.25, 0.3) is 0 Å². The van der Waals surface area contributed by atoms with Crippen LogP contribution in [-0.4, -0.2) is 36.4 Å². The van der Waals surface area contributed by atoms with E-state index in [4.69, 9.17) is 9.73 Å². The summed E-state index contributed by atoms with van der Waals surface area (Å²) >= 11 is -2.48. The molecule has 1 aromatic carbocycles. The zero-order valence-electron chi connectivity index (χ0n) is 17.7. The molecule has 0 saturated heterocycles. The first-order valence-electron chi connectivity index (χ1n) is 10.8. The van der Waals surface area contributed by atoms with Crippen LogP contribution >= 0.6 is 0 Å². The van der Waals surface area contributed by atoms with Gasteiger partial charge in [-0.25, -0.2) is 0 Å². The van der Waals surface area contributed by atoms with Gasteiger partial charge >= 0.3 is 166 Å². The molecule has 0 amide bonds. The Morgan fingerprint density at radius 2 is 1.46 bits per heavy atom. The van der Waals surface area contributed by atoms with Crippen molar-refractivity contribution in [2.75, 3.05) is 6.61 Å². The number of rotatable bonds is 11.